The lowest BCUT2D eigenvalue weighted by Gasteiger charge is -2.37. The number of aliphatic carboxylic acids is 1. The minimum Gasteiger partial charge on any atom is -0.494 e. The Morgan fingerprint density at radius 3 is 2.48 bits per heavy atom. The monoisotopic (exact) mass is 399 g/mol. The Bertz CT molecular complexity index is 830. The van der Waals surface area contributed by atoms with Gasteiger partial charge in [-0.3, -0.25) is 9.69 Å². The molecule has 1 saturated heterocycles. The highest BCUT2D eigenvalue weighted by Gasteiger charge is 2.32. The Balaban J connectivity index is 2.04. The van der Waals surface area contributed by atoms with E-state index in [9.17, 15) is 9.90 Å². The number of carboxylic acids is 1. The molecule has 1 N–H and O–H groups in total. The van der Waals surface area contributed by atoms with E-state index in [1.807, 2.05) is 37.3 Å². The molecule has 0 aliphatic carbocycles. The van der Waals surface area contributed by atoms with Gasteiger partial charge in [0.25, 0.3) is 0 Å². The van der Waals surface area contributed by atoms with Gasteiger partial charge in [0.05, 0.1) is 32.8 Å². The van der Waals surface area contributed by atoms with Gasteiger partial charge in [-0.05, 0) is 56.6 Å². The number of likely N-dealkylation sites (tertiary alicyclic amines) is 1. The van der Waals surface area contributed by atoms with E-state index in [-0.39, 0.29) is 12.0 Å². The Kier molecular flexibility index (Phi) is 6.99. The number of ether oxygens (including phenoxy) is 3. The molecule has 0 saturated carbocycles. The Labute approximate surface area is 172 Å². The van der Waals surface area contributed by atoms with Crippen LogP contribution in [0.4, 0.5) is 0 Å². The smallest absolute Gasteiger partial charge is 0.306 e. The molecule has 0 spiro atoms. The van der Waals surface area contributed by atoms with Gasteiger partial charge >= 0.3 is 5.97 Å². The van der Waals surface area contributed by atoms with Crippen LogP contribution < -0.4 is 14.2 Å². The van der Waals surface area contributed by atoms with Crippen molar-refractivity contribution in [1.82, 2.24) is 4.90 Å². The summed E-state index contributed by atoms with van der Waals surface area (Å²) in [6.07, 6.45) is 1.26. The van der Waals surface area contributed by atoms with Crippen molar-refractivity contribution in [2.24, 2.45) is 5.92 Å². The summed E-state index contributed by atoms with van der Waals surface area (Å²) in [6, 6.07) is 13.9. The molecular formula is C23H29NO5. The van der Waals surface area contributed by atoms with Crippen molar-refractivity contribution < 1.29 is 24.1 Å². The van der Waals surface area contributed by atoms with E-state index in [2.05, 4.69) is 17.0 Å². The fourth-order valence-corrected chi connectivity index (χ4v) is 4.06. The average molecular weight is 399 g/mol. The van der Waals surface area contributed by atoms with E-state index in [1.165, 1.54) is 0 Å². The first kappa shape index (κ1) is 21.0. The van der Waals surface area contributed by atoms with Crippen LogP contribution in [0.15, 0.2) is 42.5 Å². The number of benzene rings is 2. The minimum atomic E-state index is -0.710. The zero-order valence-corrected chi connectivity index (χ0v) is 17.3. The summed E-state index contributed by atoms with van der Waals surface area (Å²) in [4.78, 5) is 13.7. The fourth-order valence-electron chi connectivity index (χ4n) is 4.06. The summed E-state index contributed by atoms with van der Waals surface area (Å²) < 4.78 is 17.0. The van der Waals surface area contributed by atoms with Gasteiger partial charge in [0.15, 0.2) is 11.5 Å². The van der Waals surface area contributed by atoms with Crippen LogP contribution in [0.3, 0.4) is 0 Å². The maximum atomic E-state index is 11.4. The molecule has 2 aromatic rings. The second kappa shape index (κ2) is 9.65. The van der Waals surface area contributed by atoms with Gasteiger partial charge in [0, 0.05) is 5.56 Å². The van der Waals surface area contributed by atoms with Crippen molar-refractivity contribution in [3.8, 4) is 17.2 Å². The molecular weight excluding hydrogens is 370 g/mol. The molecule has 1 fully saturated rings. The van der Waals surface area contributed by atoms with Crippen molar-refractivity contribution in [3.63, 3.8) is 0 Å². The standard InChI is InChI=1S/C23H29NO5/c1-4-29-18-8-5-7-17(15-18)21(24-13-11-16(12-14-24)23(25)26)19-9-6-10-20(27-2)22(19)28-3/h5-10,15-16,21H,4,11-14H2,1-3H3,(H,25,26). The van der Waals surface area contributed by atoms with Gasteiger partial charge in [-0.25, -0.2) is 0 Å². The molecule has 1 aliphatic heterocycles. The zero-order valence-electron chi connectivity index (χ0n) is 17.3. The van der Waals surface area contributed by atoms with Crippen LogP contribution in [-0.4, -0.2) is 49.9 Å². The van der Waals surface area contributed by atoms with Crippen LogP contribution in [0.25, 0.3) is 0 Å². The maximum absolute atomic E-state index is 11.4. The van der Waals surface area contributed by atoms with Crippen LogP contribution in [0.5, 0.6) is 17.2 Å². The van der Waals surface area contributed by atoms with E-state index in [0.29, 0.717) is 44.0 Å². The molecule has 1 heterocycles. The maximum Gasteiger partial charge on any atom is 0.306 e. The summed E-state index contributed by atoms with van der Waals surface area (Å²) >= 11 is 0. The average Bonchev–Trinajstić information content (AvgIpc) is 2.74. The van der Waals surface area contributed by atoms with Crippen LogP contribution in [0.1, 0.15) is 36.9 Å². The molecule has 1 aliphatic rings. The van der Waals surface area contributed by atoms with Crippen LogP contribution in [0.2, 0.25) is 0 Å². The van der Waals surface area contributed by atoms with Crippen molar-refractivity contribution in [2.45, 2.75) is 25.8 Å². The second-order valence-electron chi connectivity index (χ2n) is 7.14. The van der Waals surface area contributed by atoms with Gasteiger partial charge in [0.1, 0.15) is 5.75 Å². The number of para-hydroxylation sites is 1. The molecule has 2 aromatic carbocycles. The molecule has 6 nitrogen and oxygen atoms in total. The number of carbonyl (C=O) groups is 1. The number of methoxy groups -OCH3 is 2. The lowest BCUT2D eigenvalue weighted by atomic mass is 9.90. The van der Waals surface area contributed by atoms with Crippen molar-refractivity contribution in [3.05, 3.63) is 53.6 Å². The molecule has 1 atom stereocenters. The first-order valence-corrected chi connectivity index (χ1v) is 9.99. The summed E-state index contributed by atoms with van der Waals surface area (Å²) in [5.41, 5.74) is 2.07. The lowest BCUT2D eigenvalue weighted by molar-refractivity contribution is -0.143. The predicted octanol–water partition coefficient (Wildman–Crippen LogP) is 3.99. The van der Waals surface area contributed by atoms with E-state index >= 15 is 0 Å². The number of piperidine rings is 1. The van der Waals surface area contributed by atoms with E-state index < -0.39 is 5.97 Å². The molecule has 3 rings (SSSR count). The van der Waals surface area contributed by atoms with Crippen LogP contribution >= 0.6 is 0 Å². The summed E-state index contributed by atoms with van der Waals surface area (Å²) in [5, 5.41) is 9.37. The summed E-state index contributed by atoms with van der Waals surface area (Å²) in [5.74, 6) is 1.20. The zero-order chi connectivity index (χ0) is 20.8. The third kappa shape index (κ3) is 4.65. The first-order chi connectivity index (χ1) is 14.1. The minimum absolute atomic E-state index is 0.0878. The Hall–Kier alpha value is -2.73. The molecule has 0 aromatic heterocycles. The highest BCUT2D eigenvalue weighted by molar-refractivity contribution is 5.70. The number of nitrogens with zero attached hydrogens (tertiary/aromatic N) is 1. The van der Waals surface area contributed by atoms with Gasteiger partial charge in [-0.2, -0.15) is 0 Å². The van der Waals surface area contributed by atoms with Crippen molar-refractivity contribution >= 4 is 5.97 Å². The first-order valence-electron chi connectivity index (χ1n) is 9.99. The van der Waals surface area contributed by atoms with Gasteiger partial charge in [0.2, 0.25) is 0 Å². The molecule has 6 heteroatoms. The van der Waals surface area contributed by atoms with E-state index in [0.717, 1.165) is 16.9 Å². The number of carboxylic acid groups (broad SMARTS) is 1. The Morgan fingerprint density at radius 2 is 1.86 bits per heavy atom. The number of rotatable bonds is 8. The van der Waals surface area contributed by atoms with E-state index in [4.69, 9.17) is 14.2 Å². The van der Waals surface area contributed by atoms with Gasteiger partial charge < -0.3 is 19.3 Å². The Morgan fingerprint density at radius 1 is 1.14 bits per heavy atom. The van der Waals surface area contributed by atoms with Gasteiger partial charge in [-0.1, -0.05) is 24.3 Å². The van der Waals surface area contributed by atoms with Crippen LogP contribution in [-0.2, 0) is 4.79 Å². The van der Waals surface area contributed by atoms with Crippen molar-refractivity contribution in [2.75, 3.05) is 33.9 Å². The topological polar surface area (TPSA) is 68.2 Å². The van der Waals surface area contributed by atoms with Crippen LogP contribution in [0, 0.1) is 5.92 Å². The number of hydrogen-bond acceptors (Lipinski definition) is 5. The summed E-state index contributed by atoms with van der Waals surface area (Å²) in [7, 11) is 3.27. The highest BCUT2D eigenvalue weighted by atomic mass is 16.5. The molecule has 0 bridgehead atoms. The molecule has 0 radical (unpaired) electrons. The van der Waals surface area contributed by atoms with Crippen molar-refractivity contribution in [1.29, 1.82) is 0 Å². The molecule has 0 amide bonds. The third-order valence-electron chi connectivity index (χ3n) is 5.46. The third-order valence-corrected chi connectivity index (χ3v) is 5.46. The summed E-state index contributed by atoms with van der Waals surface area (Å²) in [6.45, 7) is 3.95. The van der Waals surface area contributed by atoms with Gasteiger partial charge in [-0.15, -0.1) is 0 Å². The number of hydrogen-bond donors (Lipinski definition) is 1. The highest BCUT2D eigenvalue weighted by Crippen LogP contribution is 2.42. The predicted molar refractivity (Wildman–Crippen MR) is 111 cm³/mol. The SMILES string of the molecule is CCOc1cccc(C(c2cccc(OC)c2OC)N2CCC(C(=O)O)CC2)c1. The lowest BCUT2D eigenvalue weighted by Crippen LogP contribution is -2.39. The second-order valence-corrected chi connectivity index (χ2v) is 7.14. The quantitative estimate of drug-likeness (QED) is 0.724. The molecule has 156 valence electrons. The molecule has 1 unspecified atom stereocenters. The largest absolute Gasteiger partial charge is 0.494 e. The molecule has 29 heavy (non-hydrogen) atoms. The van der Waals surface area contributed by atoms with E-state index in [1.54, 1.807) is 14.2 Å². The normalized spacial score (nSPS) is 16.2. The fraction of sp³-hybridized carbons (Fsp3) is 0.435.